The van der Waals surface area contributed by atoms with Gasteiger partial charge < -0.3 is 10.6 Å². The number of hydrogen-bond acceptors (Lipinski definition) is 2. The Balaban J connectivity index is 2.33. The second kappa shape index (κ2) is 3.72. The number of nitrogens with two attached hydrogens (primary N) is 1. The van der Waals surface area contributed by atoms with Crippen LogP contribution in [-0.4, -0.2) is 29.9 Å². The van der Waals surface area contributed by atoms with Crippen molar-refractivity contribution in [1.82, 2.24) is 4.90 Å². The molecule has 1 saturated carbocycles. The molecule has 0 aromatic rings. The van der Waals surface area contributed by atoms with Gasteiger partial charge in [-0.15, -0.1) is 0 Å². The lowest BCUT2D eigenvalue weighted by Crippen LogP contribution is -2.33. The van der Waals surface area contributed by atoms with Gasteiger partial charge >= 0.3 is 0 Å². The summed E-state index contributed by atoms with van der Waals surface area (Å²) in [5.74, 6) is 0.220. The van der Waals surface area contributed by atoms with E-state index in [2.05, 4.69) is 0 Å². The Kier molecular flexibility index (Phi) is 2.88. The van der Waals surface area contributed by atoms with Gasteiger partial charge in [-0.2, -0.15) is 0 Å². The van der Waals surface area contributed by atoms with Crippen LogP contribution in [0, 0.1) is 0 Å². The lowest BCUT2D eigenvalue weighted by atomic mass is 10.3. The smallest absolute Gasteiger partial charge is 0.224 e. The molecule has 1 aliphatic carbocycles. The number of amides is 1. The van der Waals surface area contributed by atoms with Crippen molar-refractivity contribution in [2.24, 2.45) is 5.73 Å². The summed E-state index contributed by atoms with van der Waals surface area (Å²) in [5.41, 5.74) is 5.29. The highest BCUT2D eigenvalue weighted by atomic mass is 16.2. The fourth-order valence-electron chi connectivity index (χ4n) is 1.29. The molecule has 0 bridgehead atoms. The third-order valence-corrected chi connectivity index (χ3v) is 2.01. The van der Waals surface area contributed by atoms with Gasteiger partial charge in [-0.25, -0.2) is 0 Å². The molecule has 0 aromatic carbocycles. The number of nitrogens with zero attached hydrogens (tertiary/aromatic N) is 1. The van der Waals surface area contributed by atoms with Crippen LogP contribution < -0.4 is 5.73 Å². The Labute approximate surface area is 67.5 Å². The first kappa shape index (κ1) is 8.53. The predicted octanol–water partition coefficient (Wildman–Crippen LogP) is 0.346. The van der Waals surface area contributed by atoms with Crippen molar-refractivity contribution in [3.05, 3.63) is 0 Å². The van der Waals surface area contributed by atoms with Gasteiger partial charge in [0, 0.05) is 25.6 Å². The zero-order valence-electron chi connectivity index (χ0n) is 7.05. The van der Waals surface area contributed by atoms with Gasteiger partial charge in [0.2, 0.25) is 5.91 Å². The molecule has 3 heteroatoms. The zero-order chi connectivity index (χ0) is 8.27. The van der Waals surface area contributed by atoms with E-state index >= 15 is 0 Å². The molecule has 64 valence electrons. The average Bonchev–Trinajstić information content (AvgIpc) is 2.73. The van der Waals surface area contributed by atoms with Crippen LogP contribution in [0.4, 0.5) is 0 Å². The largest absolute Gasteiger partial charge is 0.340 e. The quantitative estimate of drug-likeness (QED) is 0.638. The predicted molar refractivity (Wildman–Crippen MR) is 44.1 cm³/mol. The normalized spacial score (nSPS) is 16.5. The summed E-state index contributed by atoms with van der Waals surface area (Å²) in [6, 6.07) is 0.541. The molecule has 1 fully saturated rings. The minimum atomic E-state index is 0.220. The van der Waals surface area contributed by atoms with Crippen LogP contribution in [0.1, 0.15) is 26.2 Å². The summed E-state index contributed by atoms with van der Waals surface area (Å²) in [5, 5.41) is 0. The Morgan fingerprint density at radius 1 is 1.64 bits per heavy atom. The van der Waals surface area contributed by atoms with Gasteiger partial charge in [-0.3, -0.25) is 4.79 Å². The van der Waals surface area contributed by atoms with E-state index in [9.17, 15) is 4.79 Å². The molecule has 0 heterocycles. The van der Waals surface area contributed by atoms with Crippen LogP contribution in [0.5, 0.6) is 0 Å². The number of hydrogen-bond donors (Lipinski definition) is 1. The van der Waals surface area contributed by atoms with Crippen LogP contribution in [0.15, 0.2) is 0 Å². The Bertz CT molecular complexity index is 143. The topological polar surface area (TPSA) is 46.3 Å². The first-order valence-corrected chi connectivity index (χ1v) is 4.29. The summed E-state index contributed by atoms with van der Waals surface area (Å²) < 4.78 is 0. The molecule has 1 amide bonds. The van der Waals surface area contributed by atoms with E-state index < -0.39 is 0 Å². The van der Waals surface area contributed by atoms with E-state index in [1.165, 1.54) is 12.8 Å². The standard InChI is InChI=1S/C8H16N2O/c1-2-10(7-3-4-7)8(11)5-6-9/h7H,2-6,9H2,1H3. The molecule has 0 atom stereocenters. The fraction of sp³-hybridized carbons (Fsp3) is 0.875. The molecule has 0 saturated heterocycles. The van der Waals surface area contributed by atoms with Gasteiger partial charge in [0.05, 0.1) is 0 Å². The van der Waals surface area contributed by atoms with Crippen LogP contribution in [0.2, 0.25) is 0 Å². The maximum atomic E-state index is 11.3. The van der Waals surface area contributed by atoms with Crippen LogP contribution >= 0.6 is 0 Å². The molecule has 1 aliphatic rings. The Morgan fingerprint density at radius 2 is 2.27 bits per heavy atom. The highest BCUT2D eigenvalue weighted by Crippen LogP contribution is 2.26. The highest BCUT2D eigenvalue weighted by Gasteiger charge is 2.30. The lowest BCUT2D eigenvalue weighted by molar-refractivity contribution is -0.131. The molecule has 11 heavy (non-hydrogen) atoms. The van der Waals surface area contributed by atoms with Gasteiger partial charge in [0.25, 0.3) is 0 Å². The van der Waals surface area contributed by atoms with Crippen molar-refractivity contribution in [2.75, 3.05) is 13.1 Å². The van der Waals surface area contributed by atoms with Crippen molar-refractivity contribution in [2.45, 2.75) is 32.2 Å². The van der Waals surface area contributed by atoms with Crippen LogP contribution in [-0.2, 0) is 4.79 Å². The zero-order valence-corrected chi connectivity index (χ0v) is 7.05. The molecular formula is C8H16N2O. The molecule has 0 aromatic heterocycles. The third-order valence-electron chi connectivity index (χ3n) is 2.01. The van der Waals surface area contributed by atoms with Crippen LogP contribution in [0.25, 0.3) is 0 Å². The summed E-state index contributed by atoms with van der Waals surface area (Å²) in [7, 11) is 0. The van der Waals surface area contributed by atoms with E-state index in [1.807, 2.05) is 11.8 Å². The number of carbonyl (C=O) groups excluding carboxylic acids is 1. The van der Waals surface area contributed by atoms with Crippen molar-refractivity contribution >= 4 is 5.91 Å². The highest BCUT2D eigenvalue weighted by molar-refractivity contribution is 5.77. The molecular weight excluding hydrogens is 140 g/mol. The first-order chi connectivity index (χ1) is 5.29. The van der Waals surface area contributed by atoms with Gasteiger partial charge in [-0.05, 0) is 19.8 Å². The van der Waals surface area contributed by atoms with E-state index in [0.717, 1.165) is 6.54 Å². The van der Waals surface area contributed by atoms with Crippen molar-refractivity contribution in [3.8, 4) is 0 Å². The third kappa shape index (κ3) is 2.19. The van der Waals surface area contributed by atoms with E-state index in [1.54, 1.807) is 0 Å². The molecule has 0 spiro atoms. The minimum Gasteiger partial charge on any atom is -0.340 e. The number of rotatable bonds is 4. The lowest BCUT2D eigenvalue weighted by Gasteiger charge is -2.19. The molecule has 2 N–H and O–H groups in total. The number of carbonyl (C=O) groups is 1. The minimum absolute atomic E-state index is 0.220. The molecule has 3 nitrogen and oxygen atoms in total. The molecule has 0 aliphatic heterocycles. The van der Waals surface area contributed by atoms with E-state index in [4.69, 9.17) is 5.73 Å². The second-order valence-electron chi connectivity index (χ2n) is 2.95. The molecule has 0 unspecified atom stereocenters. The van der Waals surface area contributed by atoms with Crippen molar-refractivity contribution in [3.63, 3.8) is 0 Å². The van der Waals surface area contributed by atoms with Crippen molar-refractivity contribution < 1.29 is 4.79 Å². The van der Waals surface area contributed by atoms with Gasteiger partial charge in [-0.1, -0.05) is 0 Å². The van der Waals surface area contributed by atoms with E-state index in [0.29, 0.717) is 19.0 Å². The summed E-state index contributed by atoms with van der Waals surface area (Å²) >= 11 is 0. The second-order valence-corrected chi connectivity index (χ2v) is 2.95. The van der Waals surface area contributed by atoms with Crippen LogP contribution in [0.3, 0.4) is 0 Å². The van der Waals surface area contributed by atoms with Crippen molar-refractivity contribution in [1.29, 1.82) is 0 Å². The maximum absolute atomic E-state index is 11.3. The SMILES string of the molecule is CCN(C(=O)CCN)C1CC1. The summed E-state index contributed by atoms with van der Waals surface area (Å²) in [4.78, 5) is 13.2. The average molecular weight is 156 g/mol. The van der Waals surface area contributed by atoms with Gasteiger partial charge in [0.15, 0.2) is 0 Å². The van der Waals surface area contributed by atoms with E-state index in [-0.39, 0.29) is 5.91 Å². The Hall–Kier alpha value is -0.570. The summed E-state index contributed by atoms with van der Waals surface area (Å²) in [6.07, 6.45) is 2.87. The molecule has 1 rings (SSSR count). The maximum Gasteiger partial charge on any atom is 0.224 e. The molecule has 0 radical (unpaired) electrons. The monoisotopic (exact) mass is 156 g/mol. The first-order valence-electron chi connectivity index (χ1n) is 4.29. The summed E-state index contributed by atoms with van der Waals surface area (Å²) in [6.45, 7) is 3.33. The Morgan fingerprint density at radius 3 is 2.64 bits per heavy atom. The fourth-order valence-corrected chi connectivity index (χ4v) is 1.29. The van der Waals surface area contributed by atoms with Gasteiger partial charge in [0.1, 0.15) is 0 Å².